The number of carbonyl (C=O) groups excluding carboxylic acids is 2. The van der Waals surface area contributed by atoms with E-state index >= 15 is 0 Å². The molecule has 0 aliphatic heterocycles. The molecular weight excluding hydrogens is 347 g/mol. The highest BCUT2D eigenvalue weighted by Gasteiger charge is 2.33. The monoisotopic (exact) mass is 365 g/mol. The Bertz CT molecular complexity index is 606. The average molecular weight is 366 g/mol. The third kappa shape index (κ3) is 6.37. The first-order chi connectivity index (χ1) is 11.0. The van der Waals surface area contributed by atoms with E-state index in [2.05, 4.69) is 5.32 Å². The molecule has 0 atom stereocenters. The highest BCUT2D eigenvalue weighted by atomic mass is 35.5. The Morgan fingerprint density at radius 2 is 1.83 bits per heavy atom. The highest BCUT2D eigenvalue weighted by Crippen LogP contribution is 2.36. The van der Waals surface area contributed by atoms with Gasteiger partial charge in [-0.1, -0.05) is 11.6 Å². The number of nitrogens with one attached hydrogen (secondary N) is 1. The van der Waals surface area contributed by atoms with E-state index in [9.17, 15) is 22.8 Å². The summed E-state index contributed by atoms with van der Waals surface area (Å²) in [4.78, 5) is 26.4. The first-order valence-electron chi connectivity index (χ1n) is 7.06. The van der Waals surface area contributed by atoms with Crippen molar-refractivity contribution in [3.63, 3.8) is 0 Å². The number of rotatable bonds is 6. The van der Waals surface area contributed by atoms with Crippen LogP contribution in [0, 0.1) is 0 Å². The predicted octanol–water partition coefficient (Wildman–Crippen LogP) is 2.71. The molecule has 9 heteroatoms. The van der Waals surface area contributed by atoms with Crippen LogP contribution in [0.5, 0.6) is 0 Å². The van der Waals surface area contributed by atoms with Crippen molar-refractivity contribution in [2.24, 2.45) is 0 Å². The zero-order valence-electron chi connectivity index (χ0n) is 13.6. The van der Waals surface area contributed by atoms with Crippen LogP contribution >= 0.6 is 11.6 Å². The van der Waals surface area contributed by atoms with E-state index in [0.29, 0.717) is 6.54 Å². The fraction of sp³-hybridized carbons (Fsp3) is 0.467. The van der Waals surface area contributed by atoms with E-state index in [1.165, 1.54) is 11.0 Å². The Hall–Kier alpha value is -1.80. The van der Waals surface area contributed by atoms with Gasteiger partial charge in [0.2, 0.25) is 11.8 Å². The van der Waals surface area contributed by atoms with Crippen LogP contribution in [0.15, 0.2) is 18.2 Å². The molecular formula is C15H19ClF3N3O2. The molecule has 5 nitrogen and oxygen atoms in total. The summed E-state index contributed by atoms with van der Waals surface area (Å²) in [5.41, 5.74) is -0.999. The smallest absolute Gasteiger partial charge is 0.349 e. The fourth-order valence-electron chi connectivity index (χ4n) is 1.86. The molecule has 0 radical (unpaired) electrons. The second-order valence-electron chi connectivity index (χ2n) is 5.52. The van der Waals surface area contributed by atoms with E-state index in [4.69, 9.17) is 11.6 Å². The molecule has 0 aliphatic rings. The summed E-state index contributed by atoms with van der Waals surface area (Å²) in [6.07, 6.45) is -4.35. The molecule has 0 heterocycles. The highest BCUT2D eigenvalue weighted by molar-refractivity contribution is 6.31. The predicted molar refractivity (Wildman–Crippen MR) is 85.9 cm³/mol. The molecule has 1 rings (SSSR count). The number of alkyl halides is 3. The largest absolute Gasteiger partial charge is 0.417 e. The minimum absolute atomic E-state index is 0.00879. The molecule has 134 valence electrons. The minimum Gasteiger partial charge on any atom is -0.349 e. The van der Waals surface area contributed by atoms with E-state index in [-0.39, 0.29) is 24.6 Å². The summed E-state index contributed by atoms with van der Waals surface area (Å²) < 4.78 is 38.3. The van der Waals surface area contributed by atoms with Gasteiger partial charge in [-0.15, -0.1) is 0 Å². The van der Waals surface area contributed by atoms with E-state index in [1.54, 1.807) is 26.0 Å². The van der Waals surface area contributed by atoms with Crippen molar-refractivity contribution in [2.75, 3.05) is 39.5 Å². The Labute approximate surface area is 143 Å². The number of benzene rings is 1. The SMILES string of the molecule is CN(CCC(=O)N(C)C)CC(=O)Nc1ccc(Cl)c(C(F)(F)F)c1. The lowest BCUT2D eigenvalue weighted by atomic mass is 10.2. The lowest BCUT2D eigenvalue weighted by molar-refractivity contribution is -0.137. The minimum atomic E-state index is -4.60. The second kappa shape index (κ2) is 8.34. The van der Waals surface area contributed by atoms with Crippen LogP contribution in [0.4, 0.5) is 18.9 Å². The normalized spacial score (nSPS) is 11.5. The molecule has 0 unspecified atom stereocenters. The van der Waals surface area contributed by atoms with Gasteiger partial charge in [-0.2, -0.15) is 13.2 Å². The first-order valence-corrected chi connectivity index (χ1v) is 7.43. The standard InChI is InChI=1S/C15H19ClF3N3O2/c1-21(2)14(24)6-7-22(3)9-13(23)20-10-4-5-12(16)11(8-10)15(17,18)19/h4-5,8H,6-7,9H2,1-3H3,(H,20,23). The molecule has 1 N–H and O–H groups in total. The summed E-state index contributed by atoms with van der Waals surface area (Å²) in [6.45, 7) is 0.309. The van der Waals surface area contributed by atoms with Gasteiger partial charge in [0, 0.05) is 32.7 Å². The molecule has 0 saturated carbocycles. The van der Waals surface area contributed by atoms with Gasteiger partial charge in [-0.25, -0.2) is 0 Å². The van der Waals surface area contributed by atoms with Crippen molar-refractivity contribution in [2.45, 2.75) is 12.6 Å². The van der Waals surface area contributed by atoms with E-state index in [0.717, 1.165) is 12.1 Å². The summed E-state index contributed by atoms with van der Waals surface area (Å²) in [5, 5.41) is 1.96. The molecule has 0 spiro atoms. The van der Waals surface area contributed by atoms with Crippen LogP contribution in [-0.4, -0.2) is 55.8 Å². The van der Waals surface area contributed by atoms with Crippen LogP contribution in [0.1, 0.15) is 12.0 Å². The number of hydrogen-bond acceptors (Lipinski definition) is 3. The summed E-state index contributed by atoms with van der Waals surface area (Å²) in [6, 6.07) is 3.17. The maximum Gasteiger partial charge on any atom is 0.417 e. The van der Waals surface area contributed by atoms with Gasteiger partial charge >= 0.3 is 6.18 Å². The van der Waals surface area contributed by atoms with Crippen molar-refractivity contribution in [1.82, 2.24) is 9.80 Å². The summed E-state index contributed by atoms with van der Waals surface area (Å²) in [7, 11) is 4.91. The summed E-state index contributed by atoms with van der Waals surface area (Å²) in [5.74, 6) is -0.556. The van der Waals surface area contributed by atoms with Crippen LogP contribution in [-0.2, 0) is 15.8 Å². The number of amides is 2. The average Bonchev–Trinajstić information content (AvgIpc) is 2.45. The Balaban J connectivity index is 2.61. The number of halogens is 4. The Morgan fingerprint density at radius 3 is 2.38 bits per heavy atom. The van der Waals surface area contributed by atoms with Crippen LogP contribution < -0.4 is 5.32 Å². The van der Waals surface area contributed by atoms with Crippen molar-refractivity contribution < 1.29 is 22.8 Å². The number of likely N-dealkylation sites (N-methyl/N-ethyl adjacent to an activating group) is 1. The van der Waals surface area contributed by atoms with Crippen molar-refractivity contribution in [1.29, 1.82) is 0 Å². The molecule has 2 amide bonds. The van der Waals surface area contributed by atoms with E-state index < -0.39 is 22.7 Å². The quantitative estimate of drug-likeness (QED) is 0.843. The number of carbonyl (C=O) groups is 2. The lowest BCUT2D eigenvalue weighted by Gasteiger charge is -2.18. The molecule has 0 saturated heterocycles. The number of nitrogens with zero attached hydrogens (tertiary/aromatic N) is 2. The number of hydrogen-bond donors (Lipinski definition) is 1. The van der Waals surface area contributed by atoms with Crippen molar-refractivity contribution in [3.05, 3.63) is 28.8 Å². The molecule has 0 bridgehead atoms. The first kappa shape index (κ1) is 20.2. The molecule has 0 fully saturated rings. The van der Waals surface area contributed by atoms with Crippen LogP contribution in [0.2, 0.25) is 5.02 Å². The van der Waals surface area contributed by atoms with Crippen molar-refractivity contribution in [3.8, 4) is 0 Å². The summed E-state index contributed by atoms with van der Waals surface area (Å²) >= 11 is 5.52. The molecule has 24 heavy (non-hydrogen) atoms. The third-order valence-corrected chi connectivity index (χ3v) is 3.50. The van der Waals surface area contributed by atoms with Gasteiger partial charge in [0.1, 0.15) is 0 Å². The zero-order chi connectivity index (χ0) is 18.5. The van der Waals surface area contributed by atoms with Gasteiger partial charge in [0.15, 0.2) is 0 Å². The topological polar surface area (TPSA) is 52.7 Å². The van der Waals surface area contributed by atoms with Gasteiger partial charge in [-0.05, 0) is 25.2 Å². The Morgan fingerprint density at radius 1 is 1.21 bits per heavy atom. The maximum absolute atomic E-state index is 12.8. The van der Waals surface area contributed by atoms with Gasteiger partial charge < -0.3 is 10.2 Å². The molecule has 0 aliphatic carbocycles. The van der Waals surface area contributed by atoms with E-state index in [1.807, 2.05) is 0 Å². The van der Waals surface area contributed by atoms with Gasteiger partial charge in [-0.3, -0.25) is 14.5 Å². The Kier molecular flexibility index (Phi) is 7.04. The molecule has 0 aromatic heterocycles. The number of anilines is 1. The van der Waals surface area contributed by atoms with Gasteiger partial charge in [0.25, 0.3) is 0 Å². The fourth-order valence-corrected chi connectivity index (χ4v) is 2.08. The van der Waals surface area contributed by atoms with Gasteiger partial charge in [0.05, 0.1) is 17.1 Å². The second-order valence-corrected chi connectivity index (χ2v) is 5.92. The zero-order valence-corrected chi connectivity index (χ0v) is 14.3. The van der Waals surface area contributed by atoms with Crippen LogP contribution in [0.25, 0.3) is 0 Å². The third-order valence-electron chi connectivity index (χ3n) is 3.18. The molecule has 1 aromatic rings. The molecule has 1 aromatic carbocycles. The lowest BCUT2D eigenvalue weighted by Crippen LogP contribution is -2.33. The van der Waals surface area contributed by atoms with Crippen LogP contribution in [0.3, 0.4) is 0 Å². The maximum atomic E-state index is 12.8. The van der Waals surface area contributed by atoms with Crippen molar-refractivity contribution >= 4 is 29.1 Å².